The van der Waals surface area contributed by atoms with Crippen molar-refractivity contribution < 1.29 is 8.42 Å². The normalized spacial score (nSPS) is 15.1. The van der Waals surface area contributed by atoms with Gasteiger partial charge in [-0.15, -0.1) is 10.2 Å². The van der Waals surface area contributed by atoms with Crippen molar-refractivity contribution in [1.82, 2.24) is 14.5 Å². The maximum absolute atomic E-state index is 13.4. The summed E-state index contributed by atoms with van der Waals surface area (Å²) in [5, 5.41) is 11.3. The van der Waals surface area contributed by atoms with Gasteiger partial charge in [0, 0.05) is 31.7 Å². The molecule has 0 atom stereocenters. The van der Waals surface area contributed by atoms with Gasteiger partial charge in [-0.05, 0) is 54.8 Å². The van der Waals surface area contributed by atoms with Crippen molar-refractivity contribution in [2.45, 2.75) is 25.7 Å². The van der Waals surface area contributed by atoms with Crippen LogP contribution in [0.2, 0.25) is 0 Å². The Kier molecular flexibility index (Phi) is 5.83. The molecule has 1 aliphatic rings. The molecule has 0 aliphatic carbocycles. The van der Waals surface area contributed by atoms with Crippen molar-refractivity contribution in [2.24, 2.45) is 0 Å². The number of anilines is 1. The Balaban J connectivity index is 1.33. The Bertz CT molecular complexity index is 1430. The summed E-state index contributed by atoms with van der Waals surface area (Å²) >= 11 is 0. The first-order valence-electron chi connectivity index (χ1n) is 11.5. The summed E-state index contributed by atoms with van der Waals surface area (Å²) in [6, 6.07) is 22.3. The zero-order chi connectivity index (χ0) is 23.9. The molecule has 6 nitrogen and oxygen atoms in total. The van der Waals surface area contributed by atoms with E-state index in [1.54, 1.807) is 4.31 Å². The number of aryl methyl sites for hydroxylation is 3. The maximum atomic E-state index is 13.4. The second-order valence-corrected chi connectivity index (χ2v) is 10.8. The molecule has 34 heavy (non-hydrogen) atoms. The third-order valence-corrected chi connectivity index (χ3v) is 8.69. The largest absolute Gasteiger partial charge is 0.352 e. The highest BCUT2D eigenvalue weighted by atomic mass is 32.2. The van der Waals surface area contributed by atoms with Crippen molar-refractivity contribution in [3.63, 3.8) is 0 Å². The summed E-state index contributed by atoms with van der Waals surface area (Å²) < 4.78 is 28.3. The van der Waals surface area contributed by atoms with Crippen LogP contribution in [0.3, 0.4) is 0 Å². The number of hydrogen-bond donors (Lipinski definition) is 0. The van der Waals surface area contributed by atoms with Gasteiger partial charge in [0.05, 0.1) is 10.6 Å². The van der Waals surface area contributed by atoms with E-state index in [-0.39, 0.29) is 0 Å². The smallest absolute Gasteiger partial charge is 0.243 e. The standard InChI is InChI=1S/C27H28N4O2S/c1-19-17-20(2)27(21(3)18-19)34(32,33)31-15-13-30(14-16-31)26-12-11-25(28-29-26)24-10-6-8-22-7-4-5-9-23(22)24/h4-12,17-18H,13-16H2,1-3H3. The first kappa shape index (κ1) is 22.5. The third kappa shape index (κ3) is 4.06. The topological polar surface area (TPSA) is 66.4 Å². The molecule has 7 heteroatoms. The lowest BCUT2D eigenvalue weighted by Crippen LogP contribution is -2.49. The number of hydrogen-bond acceptors (Lipinski definition) is 5. The highest BCUT2D eigenvalue weighted by Gasteiger charge is 2.31. The highest BCUT2D eigenvalue weighted by Crippen LogP contribution is 2.29. The van der Waals surface area contributed by atoms with E-state index in [1.807, 2.05) is 63.2 Å². The van der Waals surface area contributed by atoms with Crippen molar-refractivity contribution in [3.8, 4) is 11.3 Å². The molecule has 0 spiro atoms. The molecule has 0 unspecified atom stereocenters. The average molecular weight is 473 g/mol. The average Bonchev–Trinajstić information content (AvgIpc) is 2.83. The van der Waals surface area contributed by atoms with E-state index in [0.29, 0.717) is 31.1 Å². The van der Waals surface area contributed by atoms with Crippen molar-refractivity contribution in [1.29, 1.82) is 0 Å². The molecule has 1 fully saturated rings. The van der Waals surface area contributed by atoms with E-state index in [0.717, 1.165) is 39.2 Å². The molecular weight excluding hydrogens is 444 g/mol. The van der Waals surface area contributed by atoms with E-state index >= 15 is 0 Å². The van der Waals surface area contributed by atoms with Gasteiger partial charge in [0.15, 0.2) is 5.82 Å². The molecule has 0 amide bonds. The SMILES string of the molecule is Cc1cc(C)c(S(=O)(=O)N2CCN(c3ccc(-c4cccc5ccccc45)nn3)CC2)c(C)c1. The first-order valence-corrected chi connectivity index (χ1v) is 12.9. The van der Waals surface area contributed by atoms with Crippen LogP contribution in [0.1, 0.15) is 16.7 Å². The predicted molar refractivity (Wildman–Crippen MR) is 137 cm³/mol. The minimum Gasteiger partial charge on any atom is -0.352 e. The van der Waals surface area contributed by atoms with Gasteiger partial charge in [-0.2, -0.15) is 4.31 Å². The molecule has 174 valence electrons. The van der Waals surface area contributed by atoms with Gasteiger partial charge in [-0.25, -0.2) is 8.42 Å². The molecule has 0 radical (unpaired) electrons. The Labute approximate surface area is 200 Å². The Morgan fingerprint density at radius 2 is 1.44 bits per heavy atom. The number of sulfonamides is 1. The predicted octanol–water partition coefficient (Wildman–Crippen LogP) is 4.73. The zero-order valence-electron chi connectivity index (χ0n) is 19.7. The highest BCUT2D eigenvalue weighted by molar-refractivity contribution is 7.89. The fourth-order valence-corrected chi connectivity index (χ4v) is 6.78. The minimum atomic E-state index is -3.54. The van der Waals surface area contributed by atoms with Crippen molar-refractivity contribution in [3.05, 3.63) is 83.4 Å². The van der Waals surface area contributed by atoms with Crippen LogP contribution in [0, 0.1) is 20.8 Å². The number of fused-ring (bicyclic) bond motifs is 1. The third-order valence-electron chi connectivity index (χ3n) is 6.48. The lowest BCUT2D eigenvalue weighted by atomic mass is 10.0. The van der Waals surface area contributed by atoms with Gasteiger partial charge >= 0.3 is 0 Å². The van der Waals surface area contributed by atoms with Crippen LogP contribution < -0.4 is 4.90 Å². The van der Waals surface area contributed by atoms with E-state index in [9.17, 15) is 8.42 Å². The van der Waals surface area contributed by atoms with Crippen LogP contribution >= 0.6 is 0 Å². The Morgan fingerprint density at radius 3 is 2.12 bits per heavy atom. The molecule has 1 aromatic heterocycles. The summed E-state index contributed by atoms with van der Waals surface area (Å²) in [7, 11) is -3.54. The van der Waals surface area contributed by atoms with E-state index < -0.39 is 10.0 Å². The van der Waals surface area contributed by atoms with Crippen LogP contribution in [0.25, 0.3) is 22.0 Å². The zero-order valence-corrected chi connectivity index (χ0v) is 20.5. The lowest BCUT2D eigenvalue weighted by molar-refractivity contribution is 0.383. The molecule has 0 bridgehead atoms. The monoisotopic (exact) mass is 472 g/mol. The van der Waals surface area contributed by atoms with E-state index in [4.69, 9.17) is 0 Å². The Morgan fingerprint density at radius 1 is 0.765 bits per heavy atom. The summed E-state index contributed by atoms with van der Waals surface area (Å²) in [6.45, 7) is 7.72. The number of benzene rings is 3. The molecule has 0 N–H and O–H groups in total. The van der Waals surface area contributed by atoms with Crippen LogP contribution in [-0.2, 0) is 10.0 Å². The fraction of sp³-hybridized carbons (Fsp3) is 0.259. The Hall–Kier alpha value is -3.29. The van der Waals surface area contributed by atoms with E-state index in [1.165, 1.54) is 5.39 Å². The lowest BCUT2D eigenvalue weighted by Gasteiger charge is -2.35. The summed E-state index contributed by atoms with van der Waals surface area (Å²) in [4.78, 5) is 2.53. The van der Waals surface area contributed by atoms with Crippen LogP contribution in [0.15, 0.2) is 71.6 Å². The maximum Gasteiger partial charge on any atom is 0.243 e. The van der Waals surface area contributed by atoms with Gasteiger partial charge in [0.25, 0.3) is 0 Å². The number of piperazine rings is 1. The minimum absolute atomic E-state index is 0.418. The quantitative estimate of drug-likeness (QED) is 0.430. The molecule has 1 saturated heterocycles. The van der Waals surface area contributed by atoms with Crippen LogP contribution in [0.5, 0.6) is 0 Å². The van der Waals surface area contributed by atoms with Crippen molar-refractivity contribution in [2.75, 3.05) is 31.1 Å². The molecule has 0 saturated carbocycles. The van der Waals surface area contributed by atoms with Crippen LogP contribution in [0.4, 0.5) is 5.82 Å². The first-order chi connectivity index (χ1) is 16.3. The van der Waals surface area contributed by atoms with Crippen molar-refractivity contribution >= 4 is 26.6 Å². The number of rotatable bonds is 4. The van der Waals surface area contributed by atoms with Gasteiger partial charge in [-0.3, -0.25) is 0 Å². The van der Waals surface area contributed by atoms with Gasteiger partial charge in [0.2, 0.25) is 10.0 Å². The molecule has 1 aliphatic heterocycles. The van der Waals surface area contributed by atoms with Crippen LogP contribution in [-0.4, -0.2) is 49.1 Å². The summed E-state index contributed by atoms with van der Waals surface area (Å²) in [6.07, 6.45) is 0. The number of aromatic nitrogens is 2. The van der Waals surface area contributed by atoms with Gasteiger partial charge in [0.1, 0.15) is 0 Å². The number of nitrogens with zero attached hydrogens (tertiary/aromatic N) is 4. The molecule has 5 rings (SSSR count). The summed E-state index contributed by atoms with van der Waals surface area (Å²) in [5.74, 6) is 0.767. The second kappa shape index (κ2) is 8.81. The molecule has 2 heterocycles. The van der Waals surface area contributed by atoms with E-state index in [2.05, 4.69) is 39.4 Å². The molecule has 4 aromatic rings. The van der Waals surface area contributed by atoms with Gasteiger partial charge < -0.3 is 4.90 Å². The fourth-order valence-electron chi connectivity index (χ4n) is 4.95. The second-order valence-electron chi connectivity index (χ2n) is 8.92. The molecule has 3 aromatic carbocycles. The van der Waals surface area contributed by atoms with Gasteiger partial charge in [-0.1, -0.05) is 60.2 Å². The summed E-state index contributed by atoms with van der Waals surface area (Å²) in [5.41, 5.74) is 4.55. The molecular formula is C27H28N4O2S.